The Morgan fingerprint density at radius 3 is 2.79 bits per heavy atom. The van der Waals surface area contributed by atoms with Crippen LogP contribution in [0.5, 0.6) is 0 Å². The van der Waals surface area contributed by atoms with E-state index in [4.69, 9.17) is 0 Å². The van der Waals surface area contributed by atoms with Crippen LogP contribution in [0, 0.1) is 0 Å². The summed E-state index contributed by atoms with van der Waals surface area (Å²) < 4.78 is 0. The molecule has 1 heterocycles. The standard InChI is InChI=1S/C11H17NOS/c1-3-4-7-14-11-6-5-10(8-12-11)9(2)13/h5-6,8-9,13H,3-4,7H2,1-2H3. The van der Waals surface area contributed by atoms with Crippen molar-refractivity contribution >= 4 is 11.8 Å². The van der Waals surface area contributed by atoms with Gasteiger partial charge in [-0.25, -0.2) is 4.98 Å². The molecule has 1 N–H and O–H groups in total. The summed E-state index contributed by atoms with van der Waals surface area (Å²) in [6.45, 7) is 3.94. The highest BCUT2D eigenvalue weighted by Gasteiger charge is 2.01. The Balaban J connectivity index is 2.47. The summed E-state index contributed by atoms with van der Waals surface area (Å²) in [5, 5.41) is 10.3. The zero-order valence-electron chi connectivity index (χ0n) is 8.73. The van der Waals surface area contributed by atoms with Crippen molar-refractivity contribution < 1.29 is 5.11 Å². The Labute approximate surface area is 89.8 Å². The second-order valence-electron chi connectivity index (χ2n) is 3.31. The van der Waals surface area contributed by atoms with Crippen LogP contribution in [-0.2, 0) is 0 Å². The van der Waals surface area contributed by atoms with Gasteiger partial charge in [0, 0.05) is 6.20 Å². The molecule has 0 bridgehead atoms. The lowest BCUT2D eigenvalue weighted by atomic mass is 10.2. The fourth-order valence-corrected chi connectivity index (χ4v) is 1.98. The van der Waals surface area contributed by atoms with Gasteiger partial charge in [0.1, 0.15) is 0 Å². The van der Waals surface area contributed by atoms with E-state index < -0.39 is 6.10 Å². The summed E-state index contributed by atoms with van der Waals surface area (Å²) >= 11 is 1.77. The number of aliphatic hydroxyl groups is 1. The van der Waals surface area contributed by atoms with Crippen LogP contribution < -0.4 is 0 Å². The first-order valence-corrected chi connectivity index (χ1v) is 5.99. The topological polar surface area (TPSA) is 33.1 Å². The fraction of sp³-hybridized carbons (Fsp3) is 0.545. The fourth-order valence-electron chi connectivity index (χ4n) is 1.05. The third-order valence-electron chi connectivity index (χ3n) is 1.99. The molecular weight excluding hydrogens is 194 g/mol. The van der Waals surface area contributed by atoms with E-state index in [1.165, 1.54) is 12.8 Å². The number of aromatic nitrogens is 1. The molecule has 0 spiro atoms. The van der Waals surface area contributed by atoms with E-state index in [1.54, 1.807) is 24.9 Å². The number of unbranched alkanes of at least 4 members (excludes halogenated alkanes) is 1. The Bertz CT molecular complexity index is 258. The molecule has 0 radical (unpaired) electrons. The normalized spacial score (nSPS) is 12.8. The second kappa shape index (κ2) is 6.04. The highest BCUT2D eigenvalue weighted by Crippen LogP contribution is 2.18. The number of hydrogen-bond acceptors (Lipinski definition) is 3. The zero-order chi connectivity index (χ0) is 10.4. The van der Waals surface area contributed by atoms with Crippen molar-refractivity contribution in [3.8, 4) is 0 Å². The van der Waals surface area contributed by atoms with E-state index in [0.717, 1.165) is 16.3 Å². The Kier molecular flexibility index (Phi) is 4.98. The predicted molar refractivity (Wildman–Crippen MR) is 60.5 cm³/mol. The molecule has 0 saturated heterocycles. The summed E-state index contributed by atoms with van der Waals surface area (Å²) in [5.41, 5.74) is 0.879. The molecular formula is C11H17NOS. The summed E-state index contributed by atoms with van der Waals surface area (Å²) in [6, 6.07) is 3.91. The third kappa shape index (κ3) is 3.68. The van der Waals surface area contributed by atoms with Gasteiger partial charge < -0.3 is 5.11 Å². The van der Waals surface area contributed by atoms with Gasteiger partial charge in [0.05, 0.1) is 11.1 Å². The molecule has 1 unspecified atom stereocenters. The van der Waals surface area contributed by atoms with Crippen LogP contribution in [0.3, 0.4) is 0 Å². The van der Waals surface area contributed by atoms with Crippen LogP contribution in [0.2, 0.25) is 0 Å². The molecule has 1 rings (SSSR count). The largest absolute Gasteiger partial charge is 0.389 e. The average Bonchev–Trinajstić information content (AvgIpc) is 2.19. The highest BCUT2D eigenvalue weighted by atomic mass is 32.2. The molecule has 0 fully saturated rings. The van der Waals surface area contributed by atoms with Crippen LogP contribution >= 0.6 is 11.8 Å². The lowest BCUT2D eigenvalue weighted by Crippen LogP contribution is -1.92. The van der Waals surface area contributed by atoms with Crippen LogP contribution in [0.25, 0.3) is 0 Å². The Hall–Kier alpha value is -0.540. The van der Waals surface area contributed by atoms with Gasteiger partial charge in [-0.1, -0.05) is 19.4 Å². The van der Waals surface area contributed by atoms with Crippen molar-refractivity contribution in [2.45, 2.75) is 37.8 Å². The van der Waals surface area contributed by atoms with Crippen molar-refractivity contribution in [1.82, 2.24) is 4.98 Å². The molecule has 1 aromatic rings. The number of nitrogens with zero attached hydrogens (tertiary/aromatic N) is 1. The van der Waals surface area contributed by atoms with Gasteiger partial charge in [0.25, 0.3) is 0 Å². The molecule has 2 nitrogen and oxygen atoms in total. The summed E-state index contributed by atoms with van der Waals surface area (Å²) in [7, 11) is 0. The molecule has 0 aliphatic heterocycles. The molecule has 0 aromatic carbocycles. The number of hydrogen-bond donors (Lipinski definition) is 1. The third-order valence-corrected chi connectivity index (χ3v) is 3.02. The first kappa shape index (κ1) is 11.5. The van der Waals surface area contributed by atoms with E-state index in [1.807, 2.05) is 12.1 Å². The molecule has 0 saturated carbocycles. The molecule has 1 aromatic heterocycles. The van der Waals surface area contributed by atoms with E-state index in [0.29, 0.717) is 0 Å². The number of aliphatic hydroxyl groups excluding tert-OH is 1. The lowest BCUT2D eigenvalue weighted by Gasteiger charge is -2.04. The monoisotopic (exact) mass is 211 g/mol. The average molecular weight is 211 g/mol. The smallest absolute Gasteiger partial charge is 0.0960 e. The molecule has 14 heavy (non-hydrogen) atoms. The number of thioether (sulfide) groups is 1. The van der Waals surface area contributed by atoms with Gasteiger partial charge in [-0.05, 0) is 30.7 Å². The van der Waals surface area contributed by atoms with Crippen molar-refractivity contribution in [3.63, 3.8) is 0 Å². The maximum Gasteiger partial charge on any atom is 0.0960 e. The van der Waals surface area contributed by atoms with E-state index in [-0.39, 0.29) is 0 Å². The van der Waals surface area contributed by atoms with Crippen LogP contribution in [0.4, 0.5) is 0 Å². The van der Waals surface area contributed by atoms with Gasteiger partial charge in [-0.3, -0.25) is 0 Å². The number of pyridine rings is 1. The lowest BCUT2D eigenvalue weighted by molar-refractivity contribution is 0.198. The van der Waals surface area contributed by atoms with E-state index in [9.17, 15) is 5.11 Å². The molecule has 1 atom stereocenters. The molecule has 78 valence electrons. The van der Waals surface area contributed by atoms with Crippen molar-refractivity contribution in [2.24, 2.45) is 0 Å². The van der Waals surface area contributed by atoms with Gasteiger partial charge >= 0.3 is 0 Å². The first-order valence-electron chi connectivity index (χ1n) is 5.01. The minimum atomic E-state index is -0.419. The van der Waals surface area contributed by atoms with E-state index in [2.05, 4.69) is 11.9 Å². The first-order chi connectivity index (χ1) is 6.74. The second-order valence-corrected chi connectivity index (χ2v) is 4.42. The minimum absolute atomic E-state index is 0.419. The van der Waals surface area contributed by atoms with Gasteiger partial charge in [0.15, 0.2) is 0 Å². The molecule has 3 heteroatoms. The Morgan fingerprint density at radius 2 is 2.29 bits per heavy atom. The van der Waals surface area contributed by atoms with Crippen molar-refractivity contribution in [2.75, 3.05) is 5.75 Å². The van der Waals surface area contributed by atoms with Crippen LogP contribution in [0.15, 0.2) is 23.4 Å². The number of rotatable bonds is 5. The zero-order valence-corrected chi connectivity index (χ0v) is 9.55. The minimum Gasteiger partial charge on any atom is -0.389 e. The van der Waals surface area contributed by atoms with E-state index >= 15 is 0 Å². The molecule has 0 aliphatic carbocycles. The highest BCUT2D eigenvalue weighted by molar-refractivity contribution is 7.99. The molecule has 0 aliphatic rings. The van der Waals surface area contributed by atoms with Crippen LogP contribution in [0.1, 0.15) is 38.4 Å². The predicted octanol–water partition coefficient (Wildman–Crippen LogP) is 3.03. The van der Waals surface area contributed by atoms with Gasteiger partial charge in [0.2, 0.25) is 0 Å². The SMILES string of the molecule is CCCCSc1ccc(C(C)O)cn1. The van der Waals surface area contributed by atoms with Crippen molar-refractivity contribution in [1.29, 1.82) is 0 Å². The Morgan fingerprint density at radius 1 is 1.50 bits per heavy atom. The quantitative estimate of drug-likeness (QED) is 0.600. The van der Waals surface area contributed by atoms with Gasteiger partial charge in [-0.2, -0.15) is 0 Å². The maximum atomic E-state index is 9.28. The summed E-state index contributed by atoms with van der Waals surface area (Å²) in [4.78, 5) is 4.27. The summed E-state index contributed by atoms with van der Waals surface area (Å²) in [6.07, 6.45) is 3.78. The van der Waals surface area contributed by atoms with Gasteiger partial charge in [-0.15, -0.1) is 11.8 Å². The summed E-state index contributed by atoms with van der Waals surface area (Å²) in [5.74, 6) is 1.12. The molecule has 0 amide bonds. The maximum absolute atomic E-state index is 9.28. The van der Waals surface area contributed by atoms with Crippen molar-refractivity contribution in [3.05, 3.63) is 23.9 Å². The van der Waals surface area contributed by atoms with Crippen LogP contribution in [-0.4, -0.2) is 15.8 Å².